The van der Waals surface area contributed by atoms with Gasteiger partial charge in [0.15, 0.2) is 5.78 Å². The number of nitrogens with one attached hydrogen (secondary N) is 1. The normalized spacial score (nSPS) is 11.3. The molecule has 0 saturated heterocycles. The number of carbonyl (C=O) groups is 1. The van der Waals surface area contributed by atoms with E-state index in [1.54, 1.807) is 30.3 Å². The van der Waals surface area contributed by atoms with Gasteiger partial charge in [-0.15, -0.1) is 11.3 Å². The van der Waals surface area contributed by atoms with Gasteiger partial charge >= 0.3 is 0 Å². The molecule has 1 heterocycles. The Bertz CT molecular complexity index is 1060. The fourth-order valence-electron chi connectivity index (χ4n) is 2.19. The Hall–Kier alpha value is -1.19. The minimum absolute atomic E-state index is 0.115. The second-order valence-corrected chi connectivity index (χ2v) is 10.7. The summed E-state index contributed by atoms with van der Waals surface area (Å²) in [5.41, 5.74) is 0.794. The van der Waals surface area contributed by atoms with E-state index in [1.165, 1.54) is 24.3 Å². The van der Waals surface area contributed by atoms with Gasteiger partial charge in [-0.25, -0.2) is 8.42 Å². The number of thiophene rings is 1. The van der Waals surface area contributed by atoms with Gasteiger partial charge in [-0.1, -0.05) is 41.9 Å². The highest BCUT2D eigenvalue weighted by atomic mass is 79.9. The van der Waals surface area contributed by atoms with E-state index in [9.17, 15) is 13.2 Å². The van der Waals surface area contributed by atoms with Gasteiger partial charge < -0.3 is 0 Å². The molecular formula is C17H10Br2ClNO3S2. The number of halogens is 3. The number of carbonyl (C=O) groups excluding carboxylic acids is 1. The van der Waals surface area contributed by atoms with Gasteiger partial charge in [0.05, 0.1) is 9.47 Å². The zero-order valence-corrected chi connectivity index (χ0v) is 18.4. The molecule has 0 radical (unpaired) electrons. The van der Waals surface area contributed by atoms with Crippen molar-refractivity contribution >= 4 is 76.3 Å². The van der Waals surface area contributed by atoms with E-state index in [0.29, 0.717) is 18.8 Å². The predicted octanol–water partition coefficient (Wildman–Crippen LogP) is 5.96. The van der Waals surface area contributed by atoms with Crippen LogP contribution in [0, 0.1) is 0 Å². The van der Waals surface area contributed by atoms with Gasteiger partial charge in [0, 0.05) is 20.6 Å². The van der Waals surface area contributed by atoms with Gasteiger partial charge in [0.1, 0.15) is 4.21 Å². The molecule has 0 aliphatic rings. The molecule has 134 valence electrons. The predicted molar refractivity (Wildman–Crippen MR) is 112 cm³/mol. The number of benzene rings is 2. The van der Waals surface area contributed by atoms with E-state index in [1.807, 2.05) is 0 Å². The van der Waals surface area contributed by atoms with Crippen molar-refractivity contribution in [1.82, 2.24) is 0 Å². The lowest BCUT2D eigenvalue weighted by Gasteiger charge is -2.12. The van der Waals surface area contributed by atoms with Crippen LogP contribution < -0.4 is 4.72 Å². The minimum Gasteiger partial charge on any atom is -0.289 e. The number of ketones is 1. The lowest BCUT2D eigenvalue weighted by molar-refractivity contribution is 0.103. The monoisotopic (exact) mass is 533 g/mol. The highest BCUT2D eigenvalue weighted by Crippen LogP contribution is 2.36. The first-order chi connectivity index (χ1) is 12.3. The maximum Gasteiger partial charge on any atom is 0.271 e. The van der Waals surface area contributed by atoms with E-state index in [2.05, 4.69) is 36.6 Å². The fraction of sp³-hybridized carbons (Fsp3) is 0. The first-order valence-corrected chi connectivity index (χ1v) is 11.4. The molecule has 0 bridgehead atoms. The summed E-state index contributed by atoms with van der Waals surface area (Å²) in [4.78, 5) is 12.8. The summed E-state index contributed by atoms with van der Waals surface area (Å²) in [7, 11) is -3.85. The molecule has 4 nitrogen and oxygen atoms in total. The summed E-state index contributed by atoms with van der Waals surface area (Å²) in [6, 6.07) is 14.6. The average Bonchev–Trinajstić information content (AvgIpc) is 2.96. The second-order valence-electron chi connectivity index (χ2n) is 5.18. The van der Waals surface area contributed by atoms with E-state index < -0.39 is 10.0 Å². The first-order valence-electron chi connectivity index (χ1n) is 7.15. The zero-order chi connectivity index (χ0) is 18.9. The molecule has 1 N–H and O–H groups in total. The number of rotatable bonds is 5. The Morgan fingerprint density at radius 1 is 1.04 bits per heavy atom. The summed E-state index contributed by atoms with van der Waals surface area (Å²) >= 11 is 13.6. The summed E-state index contributed by atoms with van der Waals surface area (Å²) in [6.07, 6.45) is 0. The Labute approximate surface area is 176 Å². The van der Waals surface area contributed by atoms with Crippen molar-refractivity contribution in [3.05, 3.63) is 79.0 Å². The third-order valence-electron chi connectivity index (χ3n) is 3.39. The molecule has 3 rings (SSSR count). The van der Waals surface area contributed by atoms with Crippen molar-refractivity contribution in [2.24, 2.45) is 0 Å². The Morgan fingerprint density at radius 2 is 1.73 bits per heavy atom. The Balaban J connectivity index is 2.02. The van der Waals surface area contributed by atoms with Crippen molar-refractivity contribution in [2.45, 2.75) is 4.21 Å². The largest absolute Gasteiger partial charge is 0.289 e. The second kappa shape index (κ2) is 7.82. The molecule has 3 aromatic rings. The van der Waals surface area contributed by atoms with Crippen LogP contribution in [0.25, 0.3) is 0 Å². The van der Waals surface area contributed by atoms with Crippen molar-refractivity contribution < 1.29 is 13.2 Å². The van der Waals surface area contributed by atoms with Crippen LogP contribution in [-0.4, -0.2) is 14.2 Å². The molecule has 26 heavy (non-hydrogen) atoms. The van der Waals surface area contributed by atoms with Crippen LogP contribution in [0.5, 0.6) is 0 Å². The summed E-state index contributed by atoms with van der Waals surface area (Å²) < 4.78 is 29.3. The molecule has 2 aromatic carbocycles. The molecule has 0 spiro atoms. The van der Waals surface area contributed by atoms with Gasteiger partial charge in [0.25, 0.3) is 10.0 Å². The molecule has 0 aliphatic carbocycles. The van der Waals surface area contributed by atoms with Crippen LogP contribution in [0.1, 0.15) is 15.9 Å². The summed E-state index contributed by atoms with van der Waals surface area (Å²) in [6.45, 7) is 0. The van der Waals surface area contributed by atoms with Crippen LogP contribution in [0.4, 0.5) is 5.69 Å². The maximum atomic E-state index is 12.8. The van der Waals surface area contributed by atoms with Crippen LogP contribution >= 0.6 is 54.8 Å². The number of hydrogen-bond donors (Lipinski definition) is 1. The van der Waals surface area contributed by atoms with Gasteiger partial charge in [-0.3, -0.25) is 9.52 Å². The minimum atomic E-state index is -3.85. The highest BCUT2D eigenvalue weighted by molar-refractivity contribution is 9.13. The molecule has 0 amide bonds. The highest BCUT2D eigenvalue weighted by Gasteiger charge is 2.22. The SMILES string of the molecule is O=C(c1ccccc1)c1cc(Cl)ccc1NS(=O)(=O)c1cc(Br)c(Br)s1. The third kappa shape index (κ3) is 4.20. The maximum absolute atomic E-state index is 12.8. The number of anilines is 1. The Kier molecular flexibility index (Phi) is 5.88. The molecule has 0 saturated carbocycles. The lowest BCUT2D eigenvalue weighted by Crippen LogP contribution is -2.15. The Morgan fingerprint density at radius 3 is 2.35 bits per heavy atom. The van der Waals surface area contributed by atoms with Crippen LogP contribution in [0.15, 0.2) is 67.1 Å². The van der Waals surface area contributed by atoms with Crippen LogP contribution in [0.2, 0.25) is 5.02 Å². The molecule has 9 heteroatoms. The van der Waals surface area contributed by atoms with Crippen LogP contribution in [-0.2, 0) is 10.0 Å². The van der Waals surface area contributed by atoms with E-state index in [4.69, 9.17) is 11.6 Å². The van der Waals surface area contributed by atoms with E-state index >= 15 is 0 Å². The van der Waals surface area contributed by atoms with Crippen molar-refractivity contribution in [2.75, 3.05) is 4.72 Å². The van der Waals surface area contributed by atoms with Gasteiger partial charge in [-0.2, -0.15) is 0 Å². The number of sulfonamides is 1. The van der Waals surface area contributed by atoms with Crippen molar-refractivity contribution in [3.63, 3.8) is 0 Å². The molecule has 1 aromatic heterocycles. The third-order valence-corrected chi connectivity index (χ3v) is 8.72. The van der Waals surface area contributed by atoms with E-state index in [-0.39, 0.29) is 21.2 Å². The molecular weight excluding hydrogens is 526 g/mol. The average molecular weight is 536 g/mol. The molecule has 0 aliphatic heterocycles. The smallest absolute Gasteiger partial charge is 0.271 e. The summed E-state index contributed by atoms with van der Waals surface area (Å²) in [5.74, 6) is -0.320. The van der Waals surface area contributed by atoms with Crippen molar-refractivity contribution in [3.8, 4) is 0 Å². The zero-order valence-electron chi connectivity index (χ0n) is 12.9. The molecule has 0 atom stereocenters. The number of hydrogen-bond acceptors (Lipinski definition) is 4. The molecule has 0 fully saturated rings. The quantitative estimate of drug-likeness (QED) is 0.410. The first kappa shape index (κ1) is 19.6. The molecule has 0 unspecified atom stereocenters. The lowest BCUT2D eigenvalue weighted by atomic mass is 10.0. The standard InChI is InChI=1S/C17H10Br2ClNO3S2/c18-13-9-15(25-17(13)19)26(23,24)21-14-7-6-11(20)8-12(14)16(22)10-4-2-1-3-5-10/h1-9,21H. The van der Waals surface area contributed by atoms with Crippen molar-refractivity contribution in [1.29, 1.82) is 0 Å². The topological polar surface area (TPSA) is 63.2 Å². The fourth-order valence-corrected chi connectivity index (χ4v) is 6.26. The van der Waals surface area contributed by atoms with Gasteiger partial charge in [-0.05, 0) is 56.1 Å². The van der Waals surface area contributed by atoms with Crippen LogP contribution in [0.3, 0.4) is 0 Å². The van der Waals surface area contributed by atoms with Gasteiger partial charge in [0.2, 0.25) is 0 Å². The summed E-state index contributed by atoms with van der Waals surface area (Å²) in [5, 5.41) is 0.342. The van der Waals surface area contributed by atoms with E-state index in [0.717, 1.165) is 11.3 Å².